The number of nitrogens with zero attached hydrogens (tertiary/aromatic N) is 3. The van der Waals surface area contributed by atoms with E-state index < -0.39 is 16.1 Å². The van der Waals surface area contributed by atoms with E-state index in [0.717, 1.165) is 4.31 Å². The largest absolute Gasteiger partial charge is 0.386 e. The lowest BCUT2D eigenvalue weighted by atomic mass is 10.3. The molecule has 1 rings (SSSR count). The first kappa shape index (κ1) is 13.7. The molecule has 1 aromatic rings. The van der Waals surface area contributed by atoms with Gasteiger partial charge in [-0.15, -0.1) is 0 Å². The fraction of sp³-hybridized carbons (Fsp3) is 0.556. The van der Waals surface area contributed by atoms with Gasteiger partial charge >= 0.3 is 0 Å². The molecular weight excluding hydrogens is 242 g/mol. The van der Waals surface area contributed by atoms with E-state index in [4.69, 9.17) is 11.1 Å². The van der Waals surface area contributed by atoms with Crippen LogP contribution in [0.1, 0.15) is 12.7 Å². The molecule has 7 nitrogen and oxygen atoms in total. The number of rotatable bonds is 4. The Morgan fingerprint density at radius 2 is 2.18 bits per heavy atom. The lowest BCUT2D eigenvalue weighted by Gasteiger charge is -2.21. The number of amidine groups is 1. The van der Waals surface area contributed by atoms with Crippen molar-refractivity contribution in [3.63, 3.8) is 0 Å². The highest BCUT2D eigenvalue weighted by Gasteiger charge is 2.29. The fourth-order valence-corrected chi connectivity index (χ4v) is 2.57. The van der Waals surface area contributed by atoms with Crippen molar-refractivity contribution in [2.45, 2.75) is 24.9 Å². The van der Waals surface area contributed by atoms with Gasteiger partial charge in [-0.25, -0.2) is 13.4 Å². The molecule has 1 aromatic heterocycles. The molecule has 0 aliphatic heterocycles. The normalized spacial score (nSPS) is 13.9. The average Bonchev–Trinajstić information content (AvgIpc) is 2.57. The molecule has 0 bridgehead atoms. The van der Waals surface area contributed by atoms with Gasteiger partial charge in [0.15, 0.2) is 5.03 Å². The number of aromatic nitrogens is 2. The summed E-state index contributed by atoms with van der Waals surface area (Å²) in [5.41, 5.74) is 5.30. The maximum atomic E-state index is 12.1. The molecule has 0 saturated heterocycles. The summed E-state index contributed by atoms with van der Waals surface area (Å²) < 4.78 is 26.9. The molecule has 0 radical (unpaired) electrons. The van der Waals surface area contributed by atoms with E-state index in [0.29, 0.717) is 5.82 Å². The van der Waals surface area contributed by atoms with Crippen LogP contribution >= 0.6 is 0 Å². The van der Waals surface area contributed by atoms with Crippen LogP contribution in [0.15, 0.2) is 11.2 Å². The lowest BCUT2D eigenvalue weighted by Crippen LogP contribution is -2.43. The maximum Gasteiger partial charge on any atom is 0.262 e. The van der Waals surface area contributed by atoms with E-state index in [1.54, 1.807) is 25.5 Å². The minimum atomic E-state index is -3.70. The summed E-state index contributed by atoms with van der Waals surface area (Å²) >= 11 is 0. The third-order valence-corrected chi connectivity index (χ3v) is 4.53. The van der Waals surface area contributed by atoms with Gasteiger partial charge < -0.3 is 10.3 Å². The van der Waals surface area contributed by atoms with E-state index in [1.807, 2.05) is 0 Å². The highest BCUT2D eigenvalue weighted by Crippen LogP contribution is 2.15. The number of aryl methyl sites for hydroxylation is 2. The molecule has 1 atom stereocenters. The Morgan fingerprint density at radius 1 is 1.65 bits per heavy atom. The molecule has 0 aliphatic carbocycles. The second kappa shape index (κ2) is 4.46. The van der Waals surface area contributed by atoms with Crippen molar-refractivity contribution >= 4 is 15.9 Å². The first-order chi connectivity index (χ1) is 7.67. The van der Waals surface area contributed by atoms with Crippen LogP contribution in [0.2, 0.25) is 0 Å². The number of sulfonamides is 1. The number of likely N-dealkylation sites (N-methyl/N-ethyl adjacent to an activating group) is 1. The first-order valence-corrected chi connectivity index (χ1v) is 6.44. The zero-order valence-corrected chi connectivity index (χ0v) is 11.1. The van der Waals surface area contributed by atoms with E-state index in [-0.39, 0.29) is 10.9 Å². The highest BCUT2D eigenvalue weighted by atomic mass is 32.2. The van der Waals surface area contributed by atoms with Gasteiger partial charge in [0.1, 0.15) is 11.7 Å². The summed E-state index contributed by atoms with van der Waals surface area (Å²) in [7, 11) is -0.606. The Bertz CT molecular complexity index is 514. The standard InChI is InChI=1S/C9H17N5O2S/c1-6(9(10)11)14(4)17(15,16)8-5-13(3)7(2)12-8/h5-6H,1-4H3,(H3,10,11). The molecule has 17 heavy (non-hydrogen) atoms. The SMILES string of the molecule is Cc1nc(S(=O)(=O)N(C)C(C)C(=N)N)cn1C. The minimum Gasteiger partial charge on any atom is -0.386 e. The number of hydrogen-bond donors (Lipinski definition) is 2. The van der Waals surface area contributed by atoms with Crippen LogP contribution < -0.4 is 5.73 Å². The Balaban J connectivity index is 3.15. The molecule has 3 N–H and O–H groups in total. The molecule has 0 aliphatic rings. The van der Waals surface area contributed by atoms with Crippen molar-refractivity contribution in [2.75, 3.05) is 7.05 Å². The second-order valence-corrected chi connectivity index (χ2v) is 5.83. The molecule has 0 fully saturated rings. The Labute approximate surface area is 101 Å². The Kier molecular flexibility index (Phi) is 3.58. The van der Waals surface area contributed by atoms with E-state index in [1.165, 1.54) is 13.2 Å². The monoisotopic (exact) mass is 259 g/mol. The van der Waals surface area contributed by atoms with Crippen LogP contribution in [0.4, 0.5) is 0 Å². The van der Waals surface area contributed by atoms with Crippen LogP contribution in [0.3, 0.4) is 0 Å². The van der Waals surface area contributed by atoms with Crippen LogP contribution in [0, 0.1) is 12.3 Å². The van der Waals surface area contributed by atoms with Crippen molar-refractivity contribution in [3.8, 4) is 0 Å². The summed E-state index contributed by atoms with van der Waals surface area (Å²) in [6.07, 6.45) is 1.44. The first-order valence-electron chi connectivity index (χ1n) is 5.00. The maximum absolute atomic E-state index is 12.1. The summed E-state index contributed by atoms with van der Waals surface area (Å²) in [6.45, 7) is 3.27. The fourth-order valence-electron chi connectivity index (χ4n) is 1.20. The average molecular weight is 259 g/mol. The summed E-state index contributed by atoms with van der Waals surface area (Å²) in [5, 5.41) is 7.23. The molecule has 0 amide bonds. The summed E-state index contributed by atoms with van der Waals surface area (Å²) in [4.78, 5) is 3.97. The van der Waals surface area contributed by atoms with Gasteiger partial charge in [-0.05, 0) is 13.8 Å². The van der Waals surface area contributed by atoms with Crippen molar-refractivity contribution in [3.05, 3.63) is 12.0 Å². The highest BCUT2D eigenvalue weighted by molar-refractivity contribution is 7.89. The van der Waals surface area contributed by atoms with Crippen molar-refractivity contribution in [2.24, 2.45) is 12.8 Å². The molecule has 0 saturated carbocycles. The van der Waals surface area contributed by atoms with Gasteiger partial charge in [-0.2, -0.15) is 4.31 Å². The lowest BCUT2D eigenvalue weighted by molar-refractivity contribution is 0.446. The molecule has 1 unspecified atom stereocenters. The van der Waals surface area contributed by atoms with Gasteiger partial charge in [0.25, 0.3) is 10.0 Å². The Morgan fingerprint density at radius 3 is 2.53 bits per heavy atom. The van der Waals surface area contributed by atoms with Crippen molar-refractivity contribution in [1.82, 2.24) is 13.9 Å². The number of nitrogens with two attached hydrogens (primary N) is 1. The predicted molar refractivity (Wildman–Crippen MR) is 64.3 cm³/mol. The van der Waals surface area contributed by atoms with Gasteiger partial charge in [0.2, 0.25) is 0 Å². The zero-order chi connectivity index (χ0) is 13.4. The van der Waals surface area contributed by atoms with Gasteiger partial charge in [-0.1, -0.05) is 0 Å². The molecule has 0 aromatic carbocycles. The Hall–Kier alpha value is -1.41. The van der Waals surface area contributed by atoms with Crippen LogP contribution in [-0.4, -0.2) is 41.2 Å². The molecule has 1 heterocycles. The van der Waals surface area contributed by atoms with Crippen LogP contribution in [0.5, 0.6) is 0 Å². The van der Waals surface area contributed by atoms with E-state index in [9.17, 15) is 8.42 Å². The quantitative estimate of drug-likeness (QED) is 0.570. The summed E-state index contributed by atoms with van der Waals surface area (Å²) in [5.74, 6) is 0.399. The number of nitrogens with one attached hydrogen (secondary N) is 1. The minimum absolute atomic E-state index is 0.0342. The van der Waals surface area contributed by atoms with Gasteiger partial charge in [0, 0.05) is 20.3 Å². The molecule has 0 spiro atoms. The van der Waals surface area contributed by atoms with Crippen molar-refractivity contribution < 1.29 is 8.42 Å². The van der Waals surface area contributed by atoms with Crippen LogP contribution in [0.25, 0.3) is 0 Å². The molecular formula is C9H17N5O2S. The van der Waals surface area contributed by atoms with E-state index in [2.05, 4.69) is 4.98 Å². The topological polar surface area (TPSA) is 105 Å². The third-order valence-electron chi connectivity index (χ3n) is 2.73. The third kappa shape index (κ3) is 2.47. The number of imidazole rings is 1. The molecule has 8 heteroatoms. The zero-order valence-electron chi connectivity index (χ0n) is 10.3. The molecule has 96 valence electrons. The number of hydrogen-bond acceptors (Lipinski definition) is 4. The smallest absolute Gasteiger partial charge is 0.262 e. The van der Waals surface area contributed by atoms with Crippen molar-refractivity contribution in [1.29, 1.82) is 5.41 Å². The second-order valence-electron chi connectivity index (χ2n) is 3.89. The van der Waals surface area contributed by atoms with Gasteiger partial charge in [-0.3, -0.25) is 5.41 Å². The summed E-state index contributed by atoms with van der Waals surface area (Å²) in [6, 6.07) is -0.692. The predicted octanol–water partition coefficient (Wildman–Crippen LogP) is -0.327. The van der Waals surface area contributed by atoms with E-state index >= 15 is 0 Å². The van der Waals surface area contributed by atoms with Crippen LogP contribution in [-0.2, 0) is 17.1 Å². The van der Waals surface area contributed by atoms with Gasteiger partial charge in [0.05, 0.1) is 6.04 Å².